The van der Waals surface area contributed by atoms with Gasteiger partial charge >= 0.3 is 0 Å². The second kappa shape index (κ2) is 6.17. The molecule has 0 amide bonds. The second-order valence-corrected chi connectivity index (χ2v) is 7.45. The van der Waals surface area contributed by atoms with Crippen LogP contribution in [0.15, 0.2) is 29.6 Å². The molecule has 0 spiro atoms. The highest BCUT2D eigenvalue weighted by atomic mass is 127. The van der Waals surface area contributed by atoms with Crippen molar-refractivity contribution in [3.05, 3.63) is 54.8 Å². The molecule has 0 aliphatic carbocycles. The van der Waals surface area contributed by atoms with Crippen LogP contribution in [0.1, 0.15) is 28.3 Å². The van der Waals surface area contributed by atoms with E-state index in [0.29, 0.717) is 6.04 Å². The van der Waals surface area contributed by atoms with Crippen LogP contribution in [0.2, 0.25) is 0 Å². The molecule has 0 radical (unpaired) electrons. The average molecular weight is 371 g/mol. The number of benzene rings is 1. The first kappa shape index (κ1) is 14.0. The molecule has 2 rings (SSSR count). The van der Waals surface area contributed by atoms with Gasteiger partial charge in [-0.1, -0.05) is 18.2 Å². The van der Waals surface area contributed by atoms with Crippen LogP contribution < -0.4 is 5.32 Å². The molecule has 1 unspecified atom stereocenters. The van der Waals surface area contributed by atoms with E-state index in [0.717, 1.165) is 6.42 Å². The van der Waals surface area contributed by atoms with Crippen molar-refractivity contribution in [3.63, 3.8) is 0 Å². The minimum absolute atomic E-state index is 0.409. The van der Waals surface area contributed by atoms with Gasteiger partial charge in [-0.15, -0.1) is 11.3 Å². The zero-order valence-electron chi connectivity index (χ0n) is 11.0. The third-order valence-electron chi connectivity index (χ3n) is 3.35. The fraction of sp³-hybridized carbons (Fsp3) is 0.333. The maximum atomic E-state index is 3.42. The molecule has 3 heteroatoms. The van der Waals surface area contributed by atoms with Gasteiger partial charge in [0.1, 0.15) is 0 Å². The molecule has 1 aromatic heterocycles. The lowest BCUT2D eigenvalue weighted by Crippen LogP contribution is -2.18. The van der Waals surface area contributed by atoms with Gasteiger partial charge in [-0.25, -0.2) is 0 Å². The number of aryl methyl sites for hydroxylation is 2. The van der Waals surface area contributed by atoms with E-state index in [4.69, 9.17) is 0 Å². The Hall–Kier alpha value is -0.390. The summed E-state index contributed by atoms with van der Waals surface area (Å²) in [4.78, 5) is 0. The van der Waals surface area contributed by atoms with Gasteiger partial charge in [0.15, 0.2) is 0 Å². The van der Waals surface area contributed by atoms with Gasteiger partial charge in [0.05, 0.1) is 2.88 Å². The highest BCUT2D eigenvalue weighted by Gasteiger charge is 2.12. The SMILES string of the molecule is CNC(Cc1ccc(C)c(C)c1)c1csc(I)c1. The topological polar surface area (TPSA) is 12.0 Å². The highest BCUT2D eigenvalue weighted by molar-refractivity contribution is 14.1. The lowest BCUT2D eigenvalue weighted by molar-refractivity contribution is 0.593. The Morgan fingerprint density at radius 2 is 2.00 bits per heavy atom. The number of rotatable bonds is 4. The molecule has 0 aliphatic heterocycles. The second-order valence-electron chi connectivity index (χ2n) is 4.65. The Balaban J connectivity index is 2.17. The van der Waals surface area contributed by atoms with E-state index < -0.39 is 0 Å². The van der Waals surface area contributed by atoms with Crippen molar-refractivity contribution in [2.24, 2.45) is 0 Å². The molecular formula is C15H18INS. The summed E-state index contributed by atoms with van der Waals surface area (Å²) in [5.41, 5.74) is 5.54. The van der Waals surface area contributed by atoms with E-state index in [1.165, 1.54) is 25.1 Å². The summed E-state index contributed by atoms with van der Waals surface area (Å²) in [5, 5.41) is 5.67. The zero-order valence-corrected chi connectivity index (χ0v) is 13.9. The Morgan fingerprint density at radius 3 is 2.56 bits per heavy atom. The first-order chi connectivity index (χ1) is 8.60. The fourth-order valence-electron chi connectivity index (χ4n) is 2.06. The average Bonchev–Trinajstić information content (AvgIpc) is 2.77. The van der Waals surface area contributed by atoms with E-state index >= 15 is 0 Å². The van der Waals surface area contributed by atoms with Crippen molar-refractivity contribution >= 4 is 33.9 Å². The molecule has 0 fully saturated rings. The maximum Gasteiger partial charge on any atom is 0.0656 e. The number of nitrogens with one attached hydrogen (secondary N) is 1. The summed E-state index contributed by atoms with van der Waals surface area (Å²) in [7, 11) is 2.04. The van der Waals surface area contributed by atoms with Crippen LogP contribution in [0.3, 0.4) is 0 Å². The smallest absolute Gasteiger partial charge is 0.0656 e. The Labute approximate surface area is 127 Å². The van der Waals surface area contributed by atoms with Crippen molar-refractivity contribution in [2.75, 3.05) is 7.05 Å². The van der Waals surface area contributed by atoms with Gasteiger partial charge in [-0.3, -0.25) is 0 Å². The minimum Gasteiger partial charge on any atom is -0.313 e. The van der Waals surface area contributed by atoms with Crippen molar-refractivity contribution < 1.29 is 0 Å². The van der Waals surface area contributed by atoms with Gasteiger partial charge in [0, 0.05) is 6.04 Å². The van der Waals surface area contributed by atoms with Crippen LogP contribution in [0.5, 0.6) is 0 Å². The quantitative estimate of drug-likeness (QED) is 0.782. The molecule has 18 heavy (non-hydrogen) atoms. The largest absolute Gasteiger partial charge is 0.313 e. The normalized spacial score (nSPS) is 12.7. The third-order valence-corrected chi connectivity index (χ3v) is 5.16. The fourth-order valence-corrected chi connectivity index (χ4v) is 3.48. The molecular weight excluding hydrogens is 353 g/mol. The van der Waals surface area contributed by atoms with Crippen LogP contribution >= 0.6 is 33.9 Å². The first-order valence-corrected chi connectivity index (χ1v) is 8.03. The summed E-state index contributed by atoms with van der Waals surface area (Å²) in [6.07, 6.45) is 1.05. The van der Waals surface area contributed by atoms with Gasteiger partial charge in [-0.2, -0.15) is 0 Å². The van der Waals surface area contributed by atoms with E-state index in [-0.39, 0.29) is 0 Å². The van der Waals surface area contributed by atoms with Gasteiger partial charge in [0.25, 0.3) is 0 Å². The standard InChI is InChI=1S/C15H18INS/c1-10-4-5-12(6-11(10)2)7-14(17-3)13-8-15(16)18-9-13/h4-6,8-9,14,17H,7H2,1-3H3. The van der Waals surface area contributed by atoms with Crippen molar-refractivity contribution in [2.45, 2.75) is 26.3 Å². The number of hydrogen-bond donors (Lipinski definition) is 1. The molecule has 0 aliphatic rings. The van der Waals surface area contributed by atoms with Crippen LogP contribution in [0.25, 0.3) is 0 Å². The Kier molecular flexibility index (Phi) is 4.81. The third kappa shape index (κ3) is 3.33. The molecule has 0 saturated carbocycles. The lowest BCUT2D eigenvalue weighted by atomic mass is 9.98. The highest BCUT2D eigenvalue weighted by Crippen LogP contribution is 2.25. The molecule has 0 bridgehead atoms. The van der Waals surface area contributed by atoms with E-state index in [1.807, 2.05) is 18.4 Å². The maximum absolute atomic E-state index is 3.42. The number of halogens is 1. The molecule has 1 nitrogen and oxygen atoms in total. The molecule has 2 aromatic rings. The van der Waals surface area contributed by atoms with Crippen LogP contribution in [0, 0.1) is 16.7 Å². The zero-order chi connectivity index (χ0) is 13.1. The van der Waals surface area contributed by atoms with Crippen LogP contribution in [0.4, 0.5) is 0 Å². The predicted molar refractivity (Wildman–Crippen MR) is 88.5 cm³/mol. The van der Waals surface area contributed by atoms with Crippen molar-refractivity contribution in [1.29, 1.82) is 0 Å². The summed E-state index contributed by atoms with van der Waals surface area (Å²) >= 11 is 4.19. The van der Waals surface area contributed by atoms with Gasteiger partial charge in [0.2, 0.25) is 0 Å². The summed E-state index contributed by atoms with van der Waals surface area (Å²) in [6, 6.07) is 9.44. The molecule has 1 heterocycles. The Morgan fingerprint density at radius 1 is 1.22 bits per heavy atom. The van der Waals surface area contributed by atoms with E-state index in [2.05, 4.69) is 71.4 Å². The predicted octanol–water partition coefficient (Wildman–Crippen LogP) is 4.47. The molecule has 1 N–H and O–H groups in total. The van der Waals surface area contributed by atoms with Crippen molar-refractivity contribution in [3.8, 4) is 0 Å². The van der Waals surface area contributed by atoms with E-state index in [1.54, 1.807) is 0 Å². The summed E-state index contributed by atoms with van der Waals surface area (Å²) in [5.74, 6) is 0. The first-order valence-electron chi connectivity index (χ1n) is 6.07. The summed E-state index contributed by atoms with van der Waals surface area (Å²) in [6.45, 7) is 4.34. The van der Waals surface area contributed by atoms with Crippen molar-refractivity contribution in [1.82, 2.24) is 5.32 Å². The lowest BCUT2D eigenvalue weighted by Gasteiger charge is -2.15. The number of hydrogen-bond acceptors (Lipinski definition) is 2. The number of thiophene rings is 1. The van der Waals surface area contributed by atoms with E-state index in [9.17, 15) is 0 Å². The van der Waals surface area contributed by atoms with Gasteiger partial charge < -0.3 is 5.32 Å². The van der Waals surface area contributed by atoms with Crippen LogP contribution in [-0.2, 0) is 6.42 Å². The molecule has 0 saturated heterocycles. The van der Waals surface area contributed by atoms with Gasteiger partial charge in [-0.05, 0) is 83.6 Å². The molecule has 96 valence electrons. The minimum atomic E-state index is 0.409. The summed E-state index contributed by atoms with van der Waals surface area (Å²) < 4.78 is 1.35. The molecule has 1 aromatic carbocycles. The van der Waals surface area contributed by atoms with Crippen LogP contribution in [-0.4, -0.2) is 7.05 Å². The monoisotopic (exact) mass is 371 g/mol. The number of likely N-dealkylation sites (N-methyl/N-ethyl adjacent to an activating group) is 1. The Bertz CT molecular complexity index is 533. The molecule has 1 atom stereocenters.